The van der Waals surface area contributed by atoms with Crippen molar-refractivity contribution >= 4 is 0 Å². The fraction of sp³-hybridized carbons (Fsp3) is 0. The Morgan fingerprint density at radius 2 is 1.00 bits per heavy atom. The molecular formula is H6KO2Rb. The van der Waals surface area contributed by atoms with Crippen LogP contribution in [-0.4, -0.2) is 11.0 Å². The van der Waals surface area contributed by atoms with Crippen molar-refractivity contribution in [2.45, 2.75) is 0 Å². The van der Waals surface area contributed by atoms with E-state index in [-0.39, 0.29) is 123 Å². The molecule has 0 unspecified atom stereocenters. The van der Waals surface area contributed by atoms with Gasteiger partial charge in [0.15, 0.2) is 0 Å². The van der Waals surface area contributed by atoms with Crippen molar-refractivity contribution in [2.75, 3.05) is 0 Å². The average molecular weight is 163 g/mol. The number of rotatable bonds is 0. The summed E-state index contributed by atoms with van der Waals surface area (Å²) in [6.07, 6.45) is 0. The molecule has 0 rings (SSSR count). The summed E-state index contributed by atoms with van der Waals surface area (Å²) in [6, 6.07) is 0. The van der Waals surface area contributed by atoms with E-state index in [0.29, 0.717) is 0 Å². The van der Waals surface area contributed by atoms with Crippen molar-refractivity contribution in [2.24, 2.45) is 0 Å². The van der Waals surface area contributed by atoms with Crippen LogP contribution < -0.4 is 110 Å². The predicted molar refractivity (Wildman–Crippen MR) is 9.45 cm³/mol. The van der Waals surface area contributed by atoms with E-state index in [4.69, 9.17) is 0 Å². The molecule has 0 aromatic carbocycles. The van der Waals surface area contributed by atoms with Crippen LogP contribution in [0.3, 0.4) is 0 Å². The smallest absolute Gasteiger partial charge is 1.00 e. The van der Waals surface area contributed by atoms with Crippen LogP contribution in [0.25, 0.3) is 0 Å². The Kier molecular flexibility index (Phi) is 107. The van der Waals surface area contributed by atoms with Gasteiger partial charge in [-0.25, -0.2) is 0 Å². The van der Waals surface area contributed by atoms with E-state index >= 15 is 0 Å². The first-order valence-corrected chi connectivity index (χ1v) is 0. The molecule has 4 heteroatoms. The monoisotopic (exact) mass is 162 g/mol. The van der Waals surface area contributed by atoms with Crippen LogP contribution in [0.1, 0.15) is 2.85 Å². The van der Waals surface area contributed by atoms with Crippen LogP contribution in [0.4, 0.5) is 0 Å². The third-order valence-corrected chi connectivity index (χ3v) is 0. The summed E-state index contributed by atoms with van der Waals surface area (Å²) in [4.78, 5) is 0. The second-order valence-electron chi connectivity index (χ2n) is 0. The molecule has 0 aliphatic heterocycles. The Morgan fingerprint density at radius 3 is 1.00 bits per heavy atom. The molecule has 4 N–H and O–H groups in total. The normalized spacial score (nSPS) is 0. The minimum Gasteiger partial charge on any atom is -1.00 e. The van der Waals surface area contributed by atoms with E-state index in [0.717, 1.165) is 0 Å². The van der Waals surface area contributed by atoms with Gasteiger partial charge in [-0.1, -0.05) is 0 Å². The molecule has 0 spiro atoms. The maximum absolute atomic E-state index is 0. The Morgan fingerprint density at radius 1 is 1.00 bits per heavy atom. The summed E-state index contributed by atoms with van der Waals surface area (Å²) in [5, 5.41) is 0. The van der Waals surface area contributed by atoms with Crippen LogP contribution in [0.5, 0.6) is 0 Å². The van der Waals surface area contributed by atoms with Gasteiger partial charge in [-0.15, -0.1) is 0 Å². The molecule has 0 aromatic rings. The zero-order chi connectivity index (χ0) is 0. The van der Waals surface area contributed by atoms with Gasteiger partial charge in [0.1, 0.15) is 0 Å². The maximum Gasteiger partial charge on any atom is 1.00 e. The Labute approximate surface area is 120 Å². The minimum atomic E-state index is 0. The fourth-order valence-corrected chi connectivity index (χ4v) is 0. The molecule has 0 atom stereocenters. The maximum atomic E-state index is 0. The first kappa shape index (κ1) is 26.4. The summed E-state index contributed by atoms with van der Waals surface area (Å²) < 4.78 is 0. The second-order valence-corrected chi connectivity index (χ2v) is 0. The summed E-state index contributed by atoms with van der Waals surface area (Å²) in [5.41, 5.74) is 0. The third kappa shape index (κ3) is 9.03. The summed E-state index contributed by atoms with van der Waals surface area (Å²) in [6.45, 7) is 0. The predicted octanol–water partition coefficient (Wildman–Crippen LogP) is -7.42. The summed E-state index contributed by atoms with van der Waals surface area (Å²) >= 11 is 0. The quantitative estimate of drug-likeness (QED) is 0.318. The molecule has 0 fully saturated rings. The van der Waals surface area contributed by atoms with Crippen molar-refractivity contribution in [3.8, 4) is 0 Å². The van der Waals surface area contributed by atoms with E-state index in [1.54, 1.807) is 0 Å². The molecule has 20 valence electrons. The van der Waals surface area contributed by atoms with Crippen molar-refractivity contribution in [3.63, 3.8) is 0 Å². The van der Waals surface area contributed by atoms with E-state index in [2.05, 4.69) is 0 Å². The van der Waals surface area contributed by atoms with Gasteiger partial charge in [-0.05, 0) is 0 Å². The fourth-order valence-electron chi connectivity index (χ4n) is 0. The molecule has 0 amide bonds. The van der Waals surface area contributed by atoms with Crippen molar-refractivity contribution in [1.82, 2.24) is 0 Å². The van der Waals surface area contributed by atoms with Gasteiger partial charge in [0.05, 0.1) is 0 Å². The first-order valence-electron chi connectivity index (χ1n) is 0. The van der Waals surface area contributed by atoms with Gasteiger partial charge < -0.3 is 13.8 Å². The van der Waals surface area contributed by atoms with Gasteiger partial charge in [0.25, 0.3) is 0 Å². The van der Waals surface area contributed by atoms with Crippen molar-refractivity contribution < 1.29 is 123 Å². The second kappa shape index (κ2) is 16.2. The molecule has 4 heavy (non-hydrogen) atoms. The Balaban J connectivity index is 0. The molecule has 0 saturated heterocycles. The van der Waals surface area contributed by atoms with E-state index in [1.807, 2.05) is 0 Å². The van der Waals surface area contributed by atoms with Crippen LogP contribution in [0.15, 0.2) is 0 Å². The molecule has 0 aliphatic rings. The molecule has 0 radical (unpaired) electrons. The Bertz CT molecular complexity index is 11.5. The molecule has 0 aliphatic carbocycles. The topological polar surface area (TPSA) is 63.0 Å². The van der Waals surface area contributed by atoms with E-state index < -0.39 is 0 Å². The van der Waals surface area contributed by atoms with Gasteiger partial charge in [0.2, 0.25) is 0 Å². The molecule has 0 saturated carbocycles. The molecule has 0 bridgehead atoms. The minimum absolute atomic E-state index is 0. The molecule has 0 aromatic heterocycles. The largest absolute Gasteiger partial charge is 1.00 e. The molecular weight excluding hydrogens is 157 g/mol. The molecule has 0 heterocycles. The summed E-state index contributed by atoms with van der Waals surface area (Å²) in [5.74, 6) is 0. The van der Waals surface area contributed by atoms with Crippen LogP contribution >= 0.6 is 0 Å². The zero-order valence-corrected chi connectivity index (χ0v) is 11.0. The van der Waals surface area contributed by atoms with Gasteiger partial charge >= 0.3 is 110 Å². The third-order valence-electron chi connectivity index (χ3n) is 0. The van der Waals surface area contributed by atoms with Crippen LogP contribution in [0.2, 0.25) is 0 Å². The number of hydrogen-bond donors (Lipinski definition) is 0. The Hall–Kier alpha value is 3.36. The van der Waals surface area contributed by atoms with E-state index in [1.165, 1.54) is 0 Å². The molecule has 2 nitrogen and oxygen atoms in total. The van der Waals surface area contributed by atoms with Crippen LogP contribution in [-0.2, 0) is 0 Å². The van der Waals surface area contributed by atoms with Crippen molar-refractivity contribution in [3.05, 3.63) is 0 Å². The standard InChI is InChI=1S/K.2H2O.Rb.2H/h;2*1H2;;;/q+1;;;+1;2*-1. The average Bonchev–Trinajstić information content (AvgIpc) is 0. The van der Waals surface area contributed by atoms with Crippen LogP contribution in [0, 0.1) is 0 Å². The van der Waals surface area contributed by atoms with E-state index in [9.17, 15) is 0 Å². The summed E-state index contributed by atoms with van der Waals surface area (Å²) in [7, 11) is 0. The first-order chi connectivity index (χ1) is 0. The SMILES string of the molecule is O.O.[H-].[H-].[K+].[Rb+]. The van der Waals surface area contributed by atoms with Gasteiger partial charge in [-0.2, -0.15) is 0 Å². The van der Waals surface area contributed by atoms with Gasteiger partial charge in [-0.3, -0.25) is 0 Å². The zero-order valence-electron chi connectivity index (χ0n) is 5.00. The van der Waals surface area contributed by atoms with Gasteiger partial charge in [0, 0.05) is 0 Å². The number of hydrogen-bond acceptors (Lipinski definition) is 0. The van der Waals surface area contributed by atoms with Crippen molar-refractivity contribution in [1.29, 1.82) is 0 Å².